The first-order valence-corrected chi connectivity index (χ1v) is 9.14. The summed E-state index contributed by atoms with van der Waals surface area (Å²) in [7, 11) is 0. The van der Waals surface area contributed by atoms with E-state index in [1.54, 1.807) is 13.0 Å². The van der Waals surface area contributed by atoms with Crippen molar-refractivity contribution in [1.82, 2.24) is 0 Å². The number of unbranched alkanes of at least 4 members (excludes halogenated alkanes) is 4. The zero-order chi connectivity index (χ0) is 18.5. The van der Waals surface area contributed by atoms with Crippen LogP contribution in [-0.2, 0) is 9.53 Å². The molecule has 0 saturated heterocycles. The van der Waals surface area contributed by atoms with Crippen LogP contribution in [0.2, 0.25) is 0 Å². The second-order valence-corrected chi connectivity index (χ2v) is 6.15. The molecule has 0 aliphatic rings. The van der Waals surface area contributed by atoms with E-state index in [1.165, 1.54) is 0 Å². The summed E-state index contributed by atoms with van der Waals surface area (Å²) in [5, 5.41) is 11.4. The zero-order valence-electron chi connectivity index (χ0n) is 15.3. The van der Waals surface area contributed by atoms with Crippen molar-refractivity contribution in [2.45, 2.75) is 64.8 Å². The van der Waals surface area contributed by atoms with Gasteiger partial charge in [0.1, 0.15) is 0 Å². The number of carbonyl (C=O) groups is 1. The molecule has 1 rings (SSSR count). The van der Waals surface area contributed by atoms with Gasteiger partial charge in [-0.3, -0.25) is 10.1 Å². The summed E-state index contributed by atoms with van der Waals surface area (Å²) in [6.45, 7) is 4.13. The van der Waals surface area contributed by atoms with Crippen LogP contribution in [0.5, 0.6) is 0 Å². The van der Waals surface area contributed by atoms with Gasteiger partial charge in [-0.05, 0) is 25.0 Å². The molecule has 0 unspecified atom stereocenters. The van der Waals surface area contributed by atoms with Gasteiger partial charge in [0.2, 0.25) is 6.04 Å². The zero-order valence-corrected chi connectivity index (χ0v) is 15.3. The van der Waals surface area contributed by atoms with Gasteiger partial charge in [0, 0.05) is 23.3 Å². The van der Waals surface area contributed by atoms with E-state index in [-0.39, 0.29) is 18.0 Å². The molecule has 0 aliphatic carbocycles. The van der Waals surface area contributed by atoms with Crippen molar-refractivity contribution < 1.29 is 14.5 Å². The lowest BCUT2D eigenvalue weighted by atomic mass is 9.98. The Morgan fingerprint density at radius 1 is 1.16 bits per heavy atom. The highest BCUT2D eigenvalue weighted by Crippen LogP contribution is 2.19. The first kappa shape index (κ1) is 20.9. The Bertz CT molecular complexity index is 554. The average Bonchev–Trinajstić information content (AvgIpc) is 2.60. The summed E-state index contributed by atoms with van der Waals surface area (Å²) in [5.41, 5.74) is 1.21. The molecule has 0 fully saturated rings. The minimum absolute atomic E-state index is 0.106. The van der Waals surface area contributed by atoms with E-state index in [1.807, 2.05) is 30.3 Å². The fourth-order valence-corrected chi connectivity index (χ4v) is 2.69. The maximum atomic E-state index is 12.2. The maximum Gasteiger partial charge on any atom is 0.334 e. The molecule has 0 aromatic heterocycles. The molecule has 138 valence electrons. The predicted octanol–water partition coefficient (Wildman–Crippen LogP) is 5.03. The lowest BCUT2D eigenvalue weighted by Gasteiger charge is -2.12. The van der Waals surface area contributed by atoms with Crippen molar-refractivity contribution in [3.8, 4) is 0 Å². The van der Waals surface area contributed by atoms with E-state index in [9.17, 15) is 14.9 Å². The number of hydrogen-bond acceptors (Lipinski definition) is 4. The largest absolute Gasteiger partial charge is 0.463 e. The van der Waals surface area contributed by atoms with Gasteiger partial charge in [-0.25, -0.2) is 4.79 Å². The van der Waals surface area contributed by atoms with Crippen LogP contribution >= 0.6 is 0 Å². The molecule has 0 aliphatic heterocycles. The molecule has 0 bridgehead atoms. The van der Waals surface area contributed by atoms with Gasteiger partial charge in [-0.1, -0.05) is 62.9 Å². The van der Waals surface area contributed by atoms with Gasteiger partial charge in [0.15, 0.2) is 0 Å². The van der Waals surface area contributed by atoms with Gasteiger partial charge in [-0.15, -0.1) is 0 Å². The van der Waals surface area contributed by atoms with E-state index in [2.05, 4.69) is 6.92 Å². The van der Waals surface area contributed by atoms with E-state index < -0.39 is 12.0 Å². The number of benzene rings is 1. The molecule has 25 heavy (non-hydrogen) atoms. The lowest BCUT2D eigenvalue weighted by molar-refractivity contribution is -0.522. The monoisotopic (exact) mass is 347 g/mol. The molecule has 1 atom stereocenters. The number of ether oxygens (including phenoxy) is 1. The van der Waals surface area contributed by atoms with Crippen LogP contribution in [0, 0.1) is 10.1 Å². The smallest absolute Gasteiger partial charge is 0.334 e. The molecule has 0 saturated carbocycles. The average molecular weight is 347 g/mol. The molecule has 0 N–H and O–H groups in total. The van der Waals surface area contributed by atoms with Crippen molar-refractivity contribution >= 4 is 12.0 Å². The molecule has 1 aromatic rings. The Morgan fingerprint density at radius 3 is 2.44 bits per heavy atom. The number of nitrogens with zero attached hydrogens (tertiary/aromatic N) is 1. The lowest BCUT2D eigenvalue weighted by Crippen LogP contribution is -2.23. The number of rotatable bonds is 12. The van der Waals surface area contributed by atoms with Crippen LogP contribution in [-0.4, -0.2) is 23.5 Å². The van der Waals surface area contributed by atoms with Gasteiger partial charge < -0.3 is 4.74 Å². The molecule has 0 amide bonds. The molecule has 0 heterocycles. The number of carbonyl (C=O) groups excluding carboxylic acids is 1. The highest BCUT2D eigenvalue weighted by Gasteiger charge is 2.25. The van der Waals surface area contributed by atoms with E-state index >= 15 is 0 Å². The van der Waals surface area contributed by atoms with Crippen LogP contribution in [0.1, 0.15) is 64.4 Å². The fraction of sp³-hybridized carbons (Fsp3) is 0.550. The van der Waals surface area contributed by atoms with Crippen LogP contribution < -0.4 is 0 Å². The third kappa shape index (κ3) is 8.47. The second-order valence-electron chi connectivity index (χ2n) is 6.15. The first-order chi connectivity index (χ1) is 12.1. The molecular weight excluding hydrogens is 318 g/mol. The minimum atomic E-state index is -0.749. The summed E-state index contributed by atoms with van der Waals surface area (Å²) in [6.07, 6.45) is 7.51. The number of hydrogen-bond donors (Lipinski definition) is 0. The van der Waals surface area contributed by atoms with Gasteiger partial charge >= 0.3 is 5.97 Å². The van der Waals surface area contributed by atoms with Crippen LogP contribution in [0.4, 0.5) is 0 Å². The topological polar surface area (TPSA) is 69.4 Å². The first-order valence-electron chi connectivity index (χ1n) is 9.14. The third-order valence-electron chi connectivity index (χ3n) is 4.07. The Balaban J connectivity index is 2.80. The third-order valence-corrected chi connectivity index (χ3v) is 4.07. The predicted molar refractivity (Wildman–Crippen MR) is 99.8 cm³/mol. The van der Waals surface area contributed by atoms with Gasteiger partial charge in [0.25, 0.3) is 0 Å². The Morgan fingerprint density at radius 2 is 1.84 bits per heavy atom. The van der Waals surface area contributed by atoms with Crippen LogP contribution in [0.25, 0.3) is 6.08 Å². The number of nitro groups is 1. The SMILES string of the molecule is CCCCCCC[C@@H](C/C(=C/c1ccccc1)C(=O)OCC)[N+](=O)[O-]. The Labute approximate surface area is 150 Å². The summed E-state index contributed by atoms with van der Waals surface area (Å²) in [6, 6.07) is 8.61. The van der Waals surface area contributed by atoms with Crippen molar-refractivity contribution in [2.75, 3.05) is 6.61 Å². The summed E-state index contributed by atoms with van der Waals surface area (Å²) < 4.78 is 5.08. The number of esters is 1. The van der Waals surface area contributed by atoms with E-state index in [0.29, 0.717) is 12.0 Å². The Kier molecular flexibility index (Phi) is 10.2. The molecule has 5 nitrogen and oxygen atoms in total. The molecule has 0 spiro atoms. The van der Waals surface area contributed by atoms with E-state index in [0.717, 1.165) is 37.7 Å². The van der Waals surface area contributed by atoms with Crippen molar-refractivity contribution in [2.24, 2.45) is 0 Å². The van der Waals surface area contributed by atoms with E-state index in [4.69, 9.17) is 4.74 Å². The molecule has 0 radical (unpaired) electrons. The molecular formula is C20H29NO4. The highest BCUT2D eigenvalue weighted by molar-refractivity contribution is 5.93. The second kappa shape index (κ2) is 12.2. The molecule has 1 aromatic carbocycles. The minimum Gasteiger partial charge on any atom is -0.463 e. The summed E-state index contributed by atoms with van der Waals surface area (Å²) in [4.78, 5) is 23.4. The normalized spacial score (nSPS) is 12.6. The fourth-order valence-electron chi connectivity index (χ4n) is 2.69. The summed E-state index contributed by atoms with van der Waals surface area (Å²) >= 11 is 0. The molecule has 5 heteroatoms. The van der Waals surface area contributed by atoms with Crippen LogP contribution in [0.15, 0.2) is 35.9 Å². The van der Waals surface area contributed by atoms with Crippen molar-refractivity contribution in [3.05, 3.63) is 51.6 Å². The van der Waals surface area contributed by atoms with Crippen molar-refractivity contribution in [3.63, 3.8) is 0 Å². The highest BCUT2D eigenvalue weighted by atomic mass is 16.6. The van der Waals surface area contributed by atoms with Crippen LogP contribution in [0.3, 0.4) is 0 Å². The van der Waals surface area contributed by atoms with Gasteiger partial charge in [0.05, 0.1) is 6.61 Å². The standard InChI is InChI=1S/C20H29NO4/c1-3-5-6-7-11-14-19(21(23)24)16-18(20(22)25-4-2)15-17-12-9-8-10-13-17/h8-10,12-13,15,19H,3-7,11,14,16H2,1-2H3/b18-15-/t19-/m0/s1. The van der Waals surface area contributed by atoms with Crippen molar-refractivity contribution in [1.29, 1.82) is 0 Å². The van der Waals surface area contributed by atoms with Gasteiger partial charge in [-0.2, -0.15) is 0 Å². The Hall–Kier alpha value is -2.17. The quantitative estimate of drug-likeness (QED) is 0.175. The summed E-state index contributed by atoms with van der Waals surface area (Å²) in [5.74, 6) is -0.468. The maximum absolute atomic E-state index is 12.2.